The van der Waals surface area contributed by atoms with Crippen LogP contribution >= 0.6 is 0 Å². The summed E-state index contributed by atoms with van der Waals surface area (Å²) in [7, 11) is 2.05. The van der Waals surface area contributed by atoms with E-state index in [1.54, 1.807) is 0 Å². The summed E-state index contributed by atoms with van der Waals surface area (Å²) in [4.78, 5) is 13.2. The minimum Gasteiger partial charge on any atom is -0.487 e. The molecule has 0 bridgehead atoms. The lowest BCUT2D eigenvalue weighted by atomic mass is 9.92. The Hall–Kier alpha value is -2.81. The topological polar surface area (TPSA) is 31.2 Å². The van der Waals surface area contributed by atoms with E-state index in [-0.39, 0.29) is 11.0 Å². The highest BCUT2D eigenvalue weighted by Gasteiger charge is 2.28. The van der Waals surface area contributed by atoms with E-state index in [2.05, 4.69) is 43.7 Å². The first kappa shape index (κ1) is 15.4. The van der Waals surface area contributed by atoms with Gasteiger partial charge in [0, 0.05) is 23.4 Å². The SMILES string of the molecule is Cn1c2cc3ccccc3cc2c(=O)c2ccc3c(c21)CCC(C)(C)O3. The monoisotopic (exact) mass is 343 g/mol. The second-order valence-corrected chi connectivity index (χ2v) is 7.90. The van der Waals surface area contributed by atoms with Gasteiger partial charge in [0.15, 0.2) is 5.43 Å². The van der Waals surface area contributed by atoms with E-state index in [1.807, 2.05) is 30.3 Å². The van der Waals surface area contributed by atoms with Crippen LogP contribution in [0.1, 0.15) is 25.8 Å². The zero-order chi connectivity index (χ0) is 18.1. The molecule has 0 amide bonds. The van der Waals surface area contributed by atoms with Crippen molar-refractivity contribution in [2.45, 2.75) is 32.3 Å². The van der Waals surface area contributed by atoms with E-state index in [9.17, 15) is 4.79 Å². The minimum absolute atomic E-state index is 0.103. The maximum Gasteiger partial charge on any atom is 0.197 e. The number of fused-ring (bicyclic) bond motifs is 5. The van der Waals surface area contributed by atoms with Crippen molar-refractivity contribution in [3.05, 3.63) is 64.3 Å². The van der Waals surface area contributed by atoms with Gasteiger partial charge in [0.25, 0.3) is 0 Å². The molecule has 2 heterocycles. The van der Waals surface area contributed by atoms with Crippen LogP contribution in [0.4, 0.5) is 0 Å². The third kappa shape index (κ3) is 2.10. The van der Waals surface area contributed by atoms with E-state index >= 15 is 0 Å². The van der Waals surface area contributed by atoms with E-state index in [0.717, 1.165) is 56.7 Å². The molecule has 3 nitrogen and oxygen atoms in total. The van der Waals surface area contributed by atoms with E-state index < -0.39 is 0 Å². The molecule has 1 aliphatic heterocycles. The lowest BCUT2D eigenvalue weighted by Gasteiger charge is -2.33. The van der Waals surface area contributed by atoms with Crippen LogP contribution in [-0.2, 0) is 13.5 Å². The Morgan fingerprint density at radius 1 is 1.00 bits per heavy atom. The average Bonchev–Trinajstić information content (AvgIpc) is 2.63. The Bertz CT molecular complexity index is 1260. The highest BCUT2D eigenvalue weighted by atomic mass is 16.5. The third-order valence-corrected chi connectivity index (χ3v) is 5.65. The maximum absolute atomic E-state index is 13.2. The molecule has 0 aliphatic carbocycles. The van der Waals surface area contributed by atoms with Gasteiger partial charge in [-0.1, -0.05) is 24.3 Å². The molecule has 0 saturated heterocycles. The molecule has 3 heteroatoms. The van der Waals surface area contributed by atoms with Crippen molar-refractivity contribution >= 4 is 32.6 Å². The van der Waals surface area contributed by atoms with Gasteiger partial charge in [-0.05, 0) is 61.7 Å². The molecular formula is C23H21NO2. The molecular weight excluding hydrogens is 322 g/mol. The Labute approximate surface area is 151 Å². The van der Waals surface area contributed by atoms with Gasteiger partial charge in [0.2, 0.25) is 0 Å². The smallest absolute Gasteiger partial charge is 0.197 e. The van der Waals surface area contributed by atoms with Crippen molar-refractivity contribution in [1.82, 2.24) is 4.57 Å². The highest BCUT2D eigenvalue weighted by molar-refractivity contribution is 6.02. The number of rotatable bonds is 0. The number of aryl methyl sites for hydroxylation is 2. The standard InChI is InChI=1S/C23H21NO2/c1-23(2)11-10-16-20(26-23)9-8-17-21(16)24(3)19-13-15-7-5-4-6-14(15)12-18(19)22(17)25/h4-9,12-13H,10-11H2,1-3H3. The summed E-state index contributed by atoms with van der Waals surface area (Å²) < 4.78 is 8.35. The first-order valence-corrected chi connectivity index (χ1v) is 9.11. The van der Waals surface area contributed by atoms with Crippen molar-refractivity contribution in [2.24, 2.45) is 7.05 Å². The zero-order valence-corrected chi connectivity index (χ0v) is 15.3. The van der Waals surface area contributed by atoms with Crippen molar-refractivity contribution in [2.75, 3.05) is 0 Å². The molecule has 4 aromatic rings. The van der Waals surface area contributed by atoms with Crippen molar-refractivity contribution in [1.29, 1.82) is 0 Å². The van der Waals surface area contributed by atoms with Gasteiger partial charge in [-0.15, -0.1) is 0 Å². The predicted octanol–water partition coefficient (Wildman–Crippen LogP) is 4.95. The molecule has 0 radical (unpaired) electrons. The normalized spacial score (nSPS) is 16.0. The van der Waals surface area contributed by atoms with Crippen molar-refractivity contribution in [3.63, 3.8) is 0 Å². The number of aromatic nitrogens is 1. The van der Waals surface area contributed by atoms with Crippen molar-refractivity contribution in [3.8, 4) is 5.75 Å². The van der Waals surface area contributed by atoms with Gasteiger partial charge in [0.1, 0.15) is 11.4 Å². The van der Waals surface area contributed by atoms with Gasteiger partial charge in [-0.25, -0.2) is 0 Å². The molecule has 0 unspecified atom stereocenters. The number of ether oxygens (including phenoxy) is 1. The molecule has 0 spiro atoms. The number of hydrogen-bond acceptors (Lipinski definition) is 2. The van der Waals surface area contributed by atoms with E-state index in [0.29, 0.717) is 0 Å². The van der Waals surface area contributed by atoms with Crippen LogP contribution in [0.15, 0.2) is 53.3 Å². The quantitative estimate of drug-likeness (QED) is 0.423. The van der Waals surface area contributed by atoms with Gasteiger partial charge >= 0.3 is 0 Å². The predicted molar refractivity (Wildman–Crippen MR) is 107 cm³/mol. The molecule has 3 aromatic carbocycles. The summed E-state index contributed by atoms with van der Waals surface area (Å²) in [5.41, 5.74) is 3.07. The molecule has 0 saturated carbocycles. The molecule has 5 rings (SSSR count). The molecule has 1 aromatic heterocycles. The van der Waals surface area contributed by atoms with Crippen LogP contribution in [0.2, 0.25) is 0 Å². The van der Waals surface area contributed by atoms with Crippen LogP contribution in [0.5, 0.6) is 5.75 Å². The molecule has 0 atom stereocenters. The summed E-state index contributed by atoms with van der Waals surface area (Å²) in [6.45, 7) is 4.23. The highest BCUT2D eigenvalue weighted by Crippen LogP contribution is 2.37. The van der Waals surface area contributed by atoms with Crippen molar-refractivity contribution < 1.29 is 4.74 Å². The van der Waals surface area contributed by atoms with E-state index in [4.69, 9.17) is 4.74 Å². The minimum atomic E-state index is -0.160. The van der Waals surface area contributed by atoms with Crippen LogP contribution in [0.25, 0.3) is 32.6 Å². The van der Waals surface area contributed by atoms with Crippen LogP contribution < -0.4 is 10.2 Å². The Balaban J connectivity index is 1.94. The fourth-order valence-electron chi connectivity index (χ4n) is 4.25. The summed E-state index contributed by atoms with van der Waals surface area (Å²) in [5.74, 6) is 0.906. The summed E-state index contributed by atoms with van der Waals surface area (Å²) >= 11 is 0. The number of pyridine rings is 1. The lowest BCUT2D eigenvalue weighted by molar-refractivity contribution is 0.0852. The van der Waals surface area contributed by atoms with Crippen LogP contribution in [0.3, 0.4) is 0 Å². The van der Waals surface area contributed by atoms with Gasteiger partial charge in [-0.3, -0.25) is 4.79 Å². The van der Waals surface area contributed by atoms with Gasteiger partial charge in [-0.2, -0.15) is 0 Å². The summed E-state index contributed by atoms with van der Waals surface area (Å²) in [6.07, 6.45) is 1.87. The Kier molecular flexibility index (Phi) is 3.03. The largest absolute Gasteiger partial charge is 0.487 e. The second-order valence-electron chi connectivity index (χ2n) is 7.90. The van der Waals surface area contributed by atoms with E-state index in [1.165, 1.54) is 0 Å². The van der Waals surface area contributed by atoms with Gasteiger partial charge < -0.3 is 9.30 Å². The zero-order valence-electron chi connectivity index (χ0n) is 15.3. The number of hydrogen-bond donors (Lipinski definition) is 0. The maximum atomic E-state index is 13.2. The second kappa shape index (κ2) is 5.10. The molecule has 0 fully saturated rings. The average molecular weight is 343 g/mol. The lowest BCUT2D eigenvalue weighted by Crippen LogP contribution is -2.33. The molecule has 0 N–H and O–H groups in total. The summed E-state index contributed by atoms with van der Waals surface area (Å²) in [6, 6.07) is 16.2. The molecule has 130 valence electrons. The number of benzene rings is 3. The first-order valence-electron chi connectivity index (χ1n) is 9.11. The third-order valence-electron chi connectivity index (χ3n) is 5.65. The molecule has 26 heavy (non-hydrogen) atoms. The van der Waals surface area contributed by atoms with Crippen LogP contribution in [-0.4, -0.2) is 10.2 Å². The fourth-order valence-corrected chi connectivity index (χ4v) is 4.25. The summed E-state index contributed by atoms with van der Waals surface area (Å²) in [5, 5.41) is 3.80. The molecule has 1 aliphatic rings. The van der Waals surface area contributed by atoms with Crippen LogP contribution in [0, 0.1) is 0 Å². The van der Waals surface area contributed by atoms with Gasteiger partial charge in [0.05, 0.1) is 11.0 Å². The first-order chi connectivity index (χ1) is 12.4. The fraction of sp³-hybridized carbons (Fsp3) is 0.261. The Morgan fingerprint density at radius 3 is 2.50 bits per heavy atom. The number of nitrogens with zero attached hydrogens (tertiary/aromatic N) is 1. The Morgan fingerprint density at radius 2 is 1.73 bits per heavy atom.